The largest absolute Gasteiger partial charge is 0.508 e. The summed E-state index contributed by atoms with van der Waals surface area (Å²) in [6.45, 7) is 0.431. The van der Waals surface area contributed by atoms with Crippen LogP contribution >= 0.6 is 0 Å². The van der Waals surface area contributed by atoms with Gasteiger partial charge in [0.2, 0.25) is 0 Å². The molecule has 0 atom stereocenters. The molecule has 0 unspecified atom stereocenters. The van der Waals surface area contributed by atoms with E-state index in [1.807, 2.05) is 30.3 Å². The average Bonchev–Trinajstić information content (AvgIpc) is 2.88. The number of urea groups is 1. The van der Waals surface area contributed by atoms with Gasteiger partial charge >= 0.3 is 6.03 Å². The summed E-state index contributed by atoms with van der Waals surface area (Å²) in [7, 11) is 0. The van der Waals surface area contributed by atoms with E-state index in [1.165, 1.54) is 0 Å². The van der Waals surface area contributed by atoms with Crippen molar-refractivity contribution in [1.29, 1.82) is 0 Å². The highest BCUT2D eigenvalue weighted by molar-refractivity contribution is 5.99. The van der Waals surface area contributed by atoms with E-state index in [2.05, 4.69) is 20.8 Å². The molecule has 2 aromatic carbocycles. The molecule has 6 heteroatoms. The topological polar surface area (TPSA) is 90.0 Å². The number of phenolic OH excluding ortho intramolecular Hbond substituents is 1. The maximum Gasteiger partial charge on any atom is 0.320 e. The maximum atomic E-state index is 11.9. The van der Waals surface area contributed by atoms with Crippen molar-refractivity contribution in [2.24, 2.45) is 0 Å². The fraction of sp³-hybridized carbons (Fsp3) is 0.0667. The van der Waals surface area contributed by atoms with Crippen molar-refractivity contribution in [2.75, 3.05) is 5.32 Å². The molecule has 0 fully saturated rings. The van der Waals surface area contributed by atoms with E-state index in [-0.39, 0.29) is 11.8 Å². The predicted octanol–water partition coefficient (Wildman–Crippen LogP) is 2.59. The van der Waals surface area contributed by atoms with Crippen LogP contribution in [0.1, 0.15) is 5.56 Å². The Hall–Kier alpha value is -3.02. The summed E-state index contributed by atoms with van der Waals surface area (Å²) in [5.41, 5.74) is 1.75. The Balaban J connectivity index is 1.67. The molecule has 0 aliphatic rings. The number of fused-ring (bicyclic) bond motifs is 1. The van der Waals surface area contributed by atoms with Crippen molar-refractivity contribution < 1.29 is 9.90 Å². The van der Waals surface area contributed by atoms with Crippen LogP contribution in [0.25, 0.3) is 10.9 Å². The minimum atomic E-state index is -0.351. The number of hydrogen-bond acceptors (Lipinski definition) is 3. The Bertz CT molecular complexity index is 768. The summed E-state index contributed by atoms with van der Waals surface area (Å²) in [5.74, 6) is 0.503. The molecule has 0 aliphatic carbocycles. The maximum absolute atomic E-state index is 11.9. The number of aromatic amines is 1. The molecule has 1 heterocycles. The van der Waals surface area contributed by atoms with Crippen LogP contribution in [0.5, 0.6) is 5.75 Å². The molecule has 4 N–H and O–H groups in total. The number of carbonyl (C=O) groups excluding carboxylic acids is 1. The van der Waals surface area contributed by atoms with Gasteiger partial charge in [-0.3, -0.25) is 10.4 Å². The van der Waals surface area contributed by atoms with Gasteiger partial charge in [-0.05, 0) is 23.8 Å². The van der Waals surface area contributed by atoms with Gasteiger partial charge in [-0.1, -0.05) is 30.3 Å². The van der Waals surface area contributed by atoms with Crippen LogP contribution in [0.15, 0.2) is 48.5 Å². The molecule has 3 aromatic rings. The number of hydrogen-bond donors (Lipinski definition) is 4. The molecular weight excluding hydrogens is 268 g/mol. The molecule has 21 heavy (non-hydrogen) atoms. The SMILES string of the molecule is O=C(NCc1ccccc1)Nc1n[nH]c2ccc(O)cc12. The third kappa shape index (κ3) is 2.94. The first-order valence-electron chi connectivity index (χ1n) is 6.48. The number of nitrogens with one attached hydrogen (secondary N) is 3. The average molecular weight is 282 g/mol. The summed E-state index contributed by atoms with van der Waals surface area (Å²) in [6, 6.07) is 14.1. The van der Waals surface area contributed by atoms with Crippen LogP contribution in [-0.4, -0.2) is 21.3 Å². The van der Waals surface area contributed by atoms with Crippen molar-refractivity contribution >= 4 is 22.8 Å². The molecular formula is C15H14N4O2. The van der Waals surface area contributed by atoms with Crippen LogP contribution in [0.4, 0.5) is 10.6 Å². The van der Waals surface area contributed by atoms with E-state index >= 15 is 0 Å². The van der Waals surface area contributed by atoms with Gasteiger partial charge < -0.3 is 10.4 Å². The zero-order valence-corrected chi connectivity index (χ0v) is 11.1. The number of aromatic nitrogens is 2. The van der Waals surface area contributed by atoms with Gasteiger partial charge in [0.05, 0.1) is 5.52 Å². The number of H-pyrrole nitrogens is 1. The zero-order chi connectivity index (χ0) is 14.7. The monoisotopic (exact) mass is 282 g/mol. The van der Waals surface area contributed by atoms with Crippen LogP contribution in [0.3, 0.4) is 0 Å². The zero-order valence-electron chi connectivity index (χ0n) is 11.1. The second kappa shape index (κ2) is 5.54. The van der Waals surface area contributed by atoms with Crippen molar-refractivity contribution in [3.8, 4) is 5.75 Å². The summed E-state index contributed by atoms with van der Waals surface area (Å²) in [6.07, 6.45) is 0. The number of aromatic hydroxyl groups is 1. The Morgan fingerprint density at radius 1 is 1.19 bits per heavy atom. The number of benzene rings is 2. The number of amides is 2. The first-order chi connectivity index (χ1) is 10.2. The standard InChI is InChI=1S/C15H14N4O2/c20-11-6-7-13-12(8-11)14(19-18-13)17-15(21)16-9-10-4-2-1-3-5-10/h1-8,20H,9H2,(H3,16,17,18,19,21). The van der Waals surface area contributed by atoms with Gasteiger partial charge in [0.1, 0.15) is 5.75 Å². The Labute approximate surface area is 120 Å². The number of carbonyl (C=O) groups is 1. The number of nitrogens with zero attached hydrogens (tertiary/aromatic N) is 1. The van der Waals surface area contributed by atoms with Crippen molar-refractivity contribution in [3.63, 3.8) is 0 Å². The van der Waals surface area contributed by atoms with E-state index in [1.54, 1.807) is 18.2 Å². The molecule has 0 saturated carbocycles. The number of phenols is 1. The molecule has 0 aliphatic heterocycles. The number of anilines is 1. The minimum absolute atomic E-state index is 0.122. The molecule has 0 saturated heterocycles. The van der Waals surface area contributed by atoms with E-state index in [0.717, 1.165) is 11.1 Å². The normalized spacial score (nSPS) is 10.5. The Kier molecular flexibility index (Phi) is 3.42. The predicted molar refractivity (Wildman–Crippen MR) is 80.1 cm³/mol. The van der Waals surface area contributed by atoms with Crippen LogP contribution in [0.2, 0.25) is 0 Å². The first-order valence-corrected chi connectivity index (χ1v) is 6.48. The van der Waals surface area contributed by atoms with Gasteiger partial charge in [-0.15, -0.1) is 0 Å². The minimum Gasteiger partial charge on any atom is -0.508 e. The summed E-state index contributed by atoms with van der Waals surface area (Å²) in [4.78, 5) is 11.9. The molecule has 3 rings (SSSR count). The van der Waals surface area contributed by atoms with Crippen molar-refractivity contribution in [1.82, 2.24) is 15.5 Å². The summed E-state index contributed by atoms with van der Waals surface area (Å²) >= 11 is 0. The van der Waals surface area contributed by atoms with Gasteiger partial charge in [0.15, 0.2) is 5.82 Å². The van der Waals surface area contributed by atoms with E-state index in [0.29, 0.717) is 17.7 Å². The van der Waals surface area contributed by atoms with Crippen molar-refractivity contribution in [3.05, 3.63) is 54.1 Å². The second-order valence-corrected chi connectivity index (χ2v) is 4.60. The highest BCUT2D eigenvalue weighted by Gasteiger charge is 2.09. The quantitative estimate of drug-likeness (QED) is 0.595. The second-order valence-electron chi connectivity index (χ2n) is 4.60. The lowest BCUT2D eigenvalue weighted by Crippen LogP contribution is -2.28. The van der Waals surface area contributed by atoms with Gasteiger partial charge in [-0.2, -0.15) is 5.10 Å². The van der Waals surface area contributed by atoms with Gasteiger partial charge in [0, 0.05) is 11.9 Å². The van der Waals surface area contributed by atoms with E-state index < -0.39 is 0 Å². The Morgan fingerprint density at radius 2 is 2.00 bits per heavy atom. The molecule has 0 radical (unpaired) electrons. The Morgan fingerprint density at radius 3 is 2.81 bits per heavy atom. The van der Waals surface area contributed by atoms with Crippen LogP contribution in [-0.2, 0) is 6.54 Å². The summed E-state index contributed by atoms with van der Waals surface area (Å²) in [5, 5.41) is 22.4. The van der Waals surface area contributed by atoms with E-state index in [9.17, 15) is 9.90 Å². The molecule has 1 aromatic heterocycles. The van der Waals surface area contributed by atoms with Crippen LogP contribution < -0.4 is 10.6 Å². The molecule has 2 amide bonds. The molecule has 106 valence electrons. The van der Waals surface area contributed by atoms with Crippen LogP contribution in [0, 0.1) is 0 Å². The van der Waals surface area contributed by atoms with E-state index in [4.69, 9.17) is 0 Å². The lowest BCUT2D eigenvalue weighted by Gasteiger charge is -2.06. The summed E-state index contributed by atoms with van der Waals surface area (Å²) < 4.78 is 0. The fourth-order valence-electron chi connectivity index (χ4n) is 2.03. The number of rotatable bonds is 3. The smallest absolute Gasteiger partial charge is 0.320 e. The molecule has 0 spiro atoms. The van der Waals surface area contributed by atoms with Gasteiger partial charge in [0.25, 0.3) is 0 Å². The highest BCUT2D eigenvalue weighted by Crippen LogP contribution is 2.24. The third-order valence-corrected chi connectivity index (χ3v) is 3.07. The lowest BCUT2D eigenvalue weighted by atomic mass is 10.2. The molecule has 6 nitrogen and oxygen atoms in total. The van der Waals surface area contributed by atoms with Gasteiger partial charge in [-0.25, -0.2) is 4.79 Å². The fourth-order valence-corrected chi connectivity index (χ4v) is 2.03. The lowest BCUT2D eigenvalue weighted by molar-refractivity contribution is 0.251. The first kappa shape index (κ1) is 13.0. The van der Waals surface area contributed by atoms with Crippen molar-refractivity contribution in [2.45, 2.75) is 6.54 Å². The molecule has 0 bridgehead atoms. The highest BCUT2D eigenvalue weighted by atomic mass is 16.3. The third-order valence-electron chi connectivity index (χ3n) is 3.07.